The van der Waals surface area contributed by atoms with Crippen LogP contribution in [0, 0.1) is 17.8 Å². The van der Waals surface area contributed by atoms with Crippen LogP contribution in [0.3, 0.4) is 0 Å². The molecule has 2 heterocycles. The Kier molecular flexibility index (Phi) is 25.6. The second-order valence-corrected chi connectivity index (χ2v) is 19.7. The first-order valence-corrected chi connectivity index (χ1v) is 23.8. The molecule has 14 heteroatoms. The van der Waals surface area contributed by atoms with Crippen molar-refractivity contribution >= 4 is 70.6 Å². The van der Waals surface area contributed by atoms with Gasteiger partial charge in [0, 0.05) is 38.0 Å². The second-order valence-electron chi connectivity index (χ2n) is 16.4. The molecule has 12 nitrogen and oxygen atoms in total. The zero-order valence-electron chi connectivity index (χ0n) is 38.0. The fourth-order valence-corrected chi connectivity index (χ4v) is 8.60. The SMILES string of the molecule is CC.CC(C)Cc1ccc(NC(=O)[C@H](C)NC(=O)C(NC(=O)CCN2C(=O)CC(SC(C)C)C2=O)C(C)C)cc1.CCSC1CC(=O)N(CCCCCCC(C)C)C1=O. The summed E-state index contributed by atoms with van der Waals surface area (Å²) in [6.45, 7) is 24.5. The van der Waals surface area contributed by atoms with E-state index in [1.165, 1.54) is 41.5 Å². The van der Waals surface area contributed by atoms with E-state index in [2.05, 4.69) is 43.6 Å². The summed E-state index contributed by atoms with van der Waals surface area (Å²) in [5, 5.41) is 7.85. The third-order valence-corrected chi connectivity index (χ3v) is 11.9. The van der Waals surface area contributed by atoms with Crippen molar-refractivity contribution in [2.24, 2.45) is 17.8 Å². The Bertz CT molecular complexity index is 1500. The Morgan fingerprint density at radius 2 is 1.27 bits per heavy atom. The fourth-order valence-electron chi connectivity index (χ4n) is 6.53. The van der Waals surface area contributed by atoms with Crippen LogP contribution in [-0.2, 0) is 40.0 Å². The number of likely N-dealkylation sites (tertiary alicyclic amines) is 2. The van der Waals surface area contributed by atoms with Crippen LogP contribution < -0.4 is 16.0 Å². The largest absolute Gasteiger partial charge is 0.344 e. The smallest absolute Gasteiger partial charge is 0.246 e. The topological polar surface area (TPSA) is 162 Å². The van der Waals surface area contributed by atoms with E-state index in [-0.39, 0.29) is 65.3 Å². The number of unbranched alkanes of at least 4 members (excludes halogenated alkanes) is 3. The number of benzene rings is 1. The molecule has 7 amide bonds. The molecule has 2 aliphatic heterocycles. The van der Waals surface area contributed by atoms with Crippen LogP contribution in [0.1, 0.15) is 140 Å². The Hall–Kier alpha value is -3.39. The summed E-state index contributed by atoms with van der Waals surface area (Å²) in [5.74, 6) is 0.170. The number of nitrogens with one attached hydrogen (secondary N) is 3. The highest BCUT2D eigenvalue weighted by atomic mass is 32.2. The van der Waals surface area contributed by atoms with E-state index in [1.807, 2.05) is 58.9 Å². The molecular formula is C45H75N5O7S2. The third kappa shape index (κ3) is 19.7. The van der Waals surface area contributed by atoms with Crippen LogP contribution >= 0.6 is 23.5 Å². The maximum absolute atomic E-state index is 12.9. The monoisotopic (exact) mass is 862 g/mol. The zero-order valence-corrected chi connectivity index (χ0v) is 39.6. The summed E-state index contributed by atoms with van der Waals surface area (Å²) >= 11 is 3.04. The minimum Gasteiger partial charge on any atom is -0.344 e. The first kappa shape index (κ1) is 53.6. The van der Waals surface area contributed by atoms with Crippen molar-refractivity contribution in [2.45, 2.75) is 169 Å². The molecule has 2 saturated heterocycles. The molecule has 3 N–H and O–H groups in total. The number of rotatable bonds is 22. The van der Waals surface area contributed by atoms with Crippen molar-refractivity contribution < 1.29 is 33.6 Å². The highest BCUT2D eigenvalue weighted by Gasteiger charge is 2.40. The molecule has 1 aromatic rings. The van der Waals surface area contributed by atoms with E-state index in [4.69, 9.17) is 0 Å². The Morgan fingerprint density at radius 1 is 0.712 bits per heavy atom. The van der Waals surface area contributed by atoms with Crippen LogP contribution in [-0.4, -0.2) is 97.8 Å². The number of nitrogens with zero attached hydrogens (tertiary/aromatic N) is 2. The van der Waals surface area contributed by atoms with Crippen LogP contribution in [0.5, 0.6) is 0 Å². The summed E-state index contributed by atoms with van der Waals surface area (Å²) in [4.78, 5) is 89.4. The molecule has 0 radical (unpaired) electrons. The van der Waals surface area contributed by atoms with E-state index < -0.39 is 29.1 Å². The summed E-state index contributed by atoms with van der Waals surface area (Å²) < 4.78 is 0. The highest BCUT2D eigenvalue weighted by Crippen LogP contribution is 2.28. The lowest BCUT2D eigenvalue weighted by atomic mass is 10.0. The van der Waals surface area contributed by atoms with Gasteiger partial charge in [0.2, 0.25) is 41.4 Å². The molecule has 0 spiro atoms. The Labute approximate surface area is 363 Å². The van der Waals surface area contributed by atoms with Gasteiger partial charge in [-0.25, -0.2) is 0 Å². The van der Waals surface area contributed by atoms with E-state index in [1.54, 1.807) is 32.5 Å². The van der Waals surface area contributed by atoms with Gasteiger partial charge in [-0.2, -0.15) is 0 Å². The van der Waals surface area contributed by atoms with E-state index in [0.717, 1.165) is 35.8 Å². The second kappa shape index (κ2) is 28.2. The normalized spacial score (nSPS) is 17.6. The van der Waals surface area contributed by atoms with E-state index in [9.17, 15) is 33.6 Å². The zero-order chi connectivity index (χ0) is 44.8. The summed E-state index contributed by atoms with van der Waals surface area (Å²) in [7, 11) is 0. The molecule has 0 bridgehead atoms. The van der Waals surface area contributed by atoms with E-state index in [0.29, 0.717) is 24.6 Å². The number of carbonyl (C=O) groups is 7. The van der Waals surface area contributed by atoms with Gasteiger partial charge in [0.05, 0.1) is 10.5 Å². The van der Waals surface area contributed by atoms with Gasteiger partial charge in [-0.3, -0.25) is 43.4 Å². The molecule has 0 aromatic heterocycles. The van der Waals surface area contributed by atoms with Crippen molar-refractivity contribution in [1.82, 2.24) is 20.4 Å². The molecule has 334 valence electrons. The van der Waals surface area contributed by atoms with Crippen LogP contribution in [0.2, 0.25) is 0 Å². The lowest BCUT2D eigenvalue weighted by Gasteiger charge is -2.24. The molecule has 4 atom stereocenters. The molecule has 2 aliphatic rings. The van der Waals surface area contributed by atoms with Gasteiger partial charge in [-0.15, -0.1) is 23.5 Å². The number of amides is 7. The van der Waals surface area contributed by atoms with Crippen LogP contribution in [0.15, 0.2) is 24.3 Å². The van der Waals surface area contributed by atoms with Gasteiger partial charge in [-0.05, 0) is 66.2 Å². The number of imide groups is 2. The van der Waals surface area contributed by atoms with Crippen molar-refractivity contribution in [3.05, 3.63) is 29.8 Å². The minimum absolute atomic E-state index is 0.0260. The number of anilines is 1. The third-order valence-electron chi connectivity index (χ3n) is 9.57. The minimum atomic E-state index is -0.873. The lowest BCUT2D eigenvalue weighted by molar-refractivity contribution is -0.140. The van der Waals surface area contributed by atoms with Crippen molar-refractivity contribution in [3.8, 4) is 0 Å². The molecule has 0 saturated carbocycles. The van der Waals surface area contributed by atoms with Crippen molar-refractivity contribution in [1.29, 1.82) is 0 Å². The number of hydrogen-bond acceptors (Lipinski definition) is 9. The van der Waals surface area contributed by atoms with Crippen LogP contribution in [0.4, 0.5) is 5.69 Å². The van der Waals surface area contributed by atoms with Gasteiger partial charge >= 0.3 is 0 Å². The van der Waals surface area contributed by atoms with E-state index >= 15 is 0 Å². The fraction of sp³-hybridized carbons (Fsp3) is 0.711. The van der Waals surface area contributed by atoms with Crippen molar-refractivity contribution in [3.63, 3.8) is 0 Å². The summed E-state index contributed by atoms with van der Waals surface area (Å²) in [5.41, 5.74) is 1.82. The van der Waals surface area contributed by atoms with Gasteiger partial charge in [0.25, 0.3) is 0 Å². The van der Waals surface area contributed by atoms with Crippen LogP contribution in [0.25, 0.3) is 0 Å². The van der Waals surface area contributed by atoms with Crippen molar-refractivity contribution in [2.75, 3.05) is 24.2 Å². The molecule has 0 aliphatic carbocycles. The van der Waals surface area contributed by atoms with Gasteiger partial charge in [-0.1, -0.05) is 114 Å². The predicted octanol–water partition coefficient (Wildman–Crippen LogP) is 7.63. The predicted molar refractivity (Wildman–Crippen MR) is 243 cm³/mol. The van der Waals surface area contributed by atoms with Gasteiger partial charge < -0.3 is 16.0 Å². The summed E-state index contributed by atoms with van der Waals surface area (Å²) in [6, 6.07) is 5.90. The lowest BCUT2D eigenvalue weighted by Crippen LogP contribution is -2.54. The number of hydrogen-bond donors (Lipinski definition) is 3. The number of thioether (sulfide) groups is 2. The molecule has 59 heavy (non-hydrogen) atoms. The average Bonchev–Trinajstić information content (AvgIpc) is 3.58. The number of carbonyl (C=O) groups excluding carboxylic acids is 7. The van der Waals surface area contributed by atoms with Gasteiger partial charge in [0.1, 0.15) is 12.1 Å². The standard InChI is InChI=1S/C28H42N4O5S.C15H27NO2S.C2H6/c1-16(2)14-20-8-10-21(11-9-20)30-26(35)19(7)29-27(36)25(17(3)4)31-23(33)12-13-32-24(34)15-22(28(32)37)38-18(5)6;1-4-19-13-11-14(17)16(15(13)18)10-8-6-5-7-9-12(2)3;1-2/h8-11,16-19,22,25H,12-15H2,1-7H3,(H,29,36)(H,30,35)(H,31,33);12-13H,4-11H2,1-3H3;1-2H3/t19-,22?,25?;;/m0../s1. The molecule has 1 aromatic carbocycles. The van der Waals surface area contributed by atoms with Gasteiger partial charge in [0.15, 0.2) is 0 Å². The maximum atomic E-state index is 12.9. The first-order valence-electron chi connectivity index (χ1n) is 21.8. The quantitative estimate of drug-likeness (QED) is 0.0787. The Morgan fingerprint density at radius 3 is 1.81 bits per heavy atom. The first-order chi connectivity index (χ1) is 27.8. The molecule has 2 fully saturated rings. The maximum Gasteiger partial charge on any atom is 0.246 e. The Balaban J connectivity index is 0.000000693. The highest BCUT2D eigenvalue weighted by molar-refractivity contribution is 8.01. The summed E-state index contributed by atoms with van der Waals surface area (Å²) in [6.07, 6.45) is 7.22. The molecular weight excluding hydrogens is 787 g/mol. The average molecular weight is 862 g/mol. The molecule has 3 unspecified atom stereocenters. The molecule has 3 rings (SSSR count).